The standard InChI is InChI=1S/C13H18N4O2/c1-10(18)17-7-6-16(2)12(9-17)13(19)15-11-4-3-5-14-8-11/h3-5,8,12H,6-7,9H2,1-2H3,(H,15,19). The normalized spacial score (nSPS) is 20.1. The molecular weight excluding hydrogens is 244 g/mol. The Morgan fingerprint density at radius 3 is 2.84 bits per heavy atom. The summed E-state index contributed by atoms with van der Waals surface area (Å²) in [5, 5.41) is 2.82. The highest BCUT2D eigenvalue weighted by Crippen LogP contribution is 2.11. The number of amides is 2. The average molecular weight is 262 g/mol. The Morgan fingerprint density at radius 1 is 1.42 bits per heavy atom. The summed E-state index contributed by atoms with van der Waals surface area (Å²) in [6.45, 7) is 3.33. The highest BCUT2D eigenvalue weighted by molar-refractivity contribution is 5.95. The maximum Gasteiger partial charge on any atom is 0.243 e. The van der Waals surface area contributed by atoms with Crippen LogP contribution >= 0.6 is 0 Å². The Morgan fingerprint density at radius 2 is 2.21 bits per heavy atom. The van der Waals surface area contributed by atoms with Crippen LogP contribution < -0.4 is 5.32 Å². The number of nitrogens with zero attached hydrogens (tertiary/aromatic N) is 3. The molecule has 2 heterocycles. The third-order valence-electron chi connectivity index (χ3n) is 3.33. The molecule has 1 atom stereocenters. The van der Waals surface area contributed by atoms with Crippen LogP contribution in [0.5, 0.6) is 0 Å². The van der Waals surface area contributed by atoms with Gasteiger partial charge in [0.25, 0.3) is 0 Å². The monoisotopic (exact) mass is 262 g/mol. The Hall–Kier alpha value is -1.95. The summed E-state index contributed by atoms with van der Waals surface area (Å²) in [5.74, 6) is -0.103. The van der Waals surface area contributed by atoms with Crippen molar-refractivity contribution in [2.75, 3.05) is 32.0 Å². The molecule has 19 heavy (non-hydrogen) atoms. The summed E-state index contributed by atoms with van der Waals surface area (Å²) >= 11 is 0. The van der Waals surface area contributed by atoms with Crippen molar-refractivity contribution in [2.24, 2.45) is 0 Å². The predicted octanol–water partition coefficient (Wildman–Crippen LogP) is 0.183. The van der Waals surface area contributed by atoms with Gasteiger partial charge >= 0.3 is 0 Å². The fourth-order valence-corrected chi connectivity index (χ4v) is 2.11. The lowest BCUT2D eigenvalue weighted by atomic mass is 10.1. The molecule has 0 radical (unpaired) electrons. The first-order valence-corrected chi connectivity index (χ1v) is 6.24. The molecule has 0 aromatic carbocycles. The second-order valence-electron chi connectivity index (χ2n) is 4.69. The highest BCUT2D eigenvalue weighted by Gasteiger charge is 2.31. The van der Waals surface area contributed by atoms with E-state index in [9.17, 15) is 9.59 Å². The van der Waals surface area contributed by atoms with Gasteiger partial charge in [0.05, 0.1) is 11.9 Å². The molecule has 102 valence electrons. The molecule has 0 aliphatic carbocycles. The van der Waals surface area contributed by atoms with Crippen LogP contribution in [0.15, 0.2) is 24.5 Å². The van der Waals surface area contributed by atoms with Gasteiger partial charge in [-0.25, -0.2) is 0 Å². The quantitative estimate of drug-likeness (QED) is 0.826. The second-order valence-corrected chi connectivity index (χ2v) is 4.69. The molecule has 6 nitrogen and oxygen atoms in total. The number of anilines is 1. The number of carbonyl (C=O) groups excluding carboxylic acids is 2. The fraction of sp³-hybridized carbons (Fsp3) is 0.462. The predicted molar refractivity (Wildman–Crippen MR) is 71.5 cm³/mol. The summed E-state index contributed by atoms with van der Waals surface area (Å²) in [7, 11) is 1.89. The zero-order valence-electron chi connectivity index (χ0n) is 11.2. The molecule has 1 aromatic heterocycles. The number of likely N-dealkylation sites (N-methyl/N-ethyl adjacent to an activating group) is 1. The largest absolute Gasteiger partial charge is 0.340 e. The molecule has 2 amide bonds. The summed E-state index contributed by atoms with van der Waals surface area (Å²) in [4.78, 5) is 31.2. The van der Waals surface area contributed by atoms with Gasteiger partial charge in [0, 0.05) is 32.8 Å². The second kappa shape index (κ2) is 5.79. The van der Waals surface area contributed by atoms with Gasteiger partial charge in [0.1, 0.15) is 6.04 Å². The van der Waals surface area contributed by atoms with Crippen molar-refractivity contribution in [2.45, 2.75) is 13.0 Å². The number of piperazine rings is 1. The van der Waals surface area contributed by atoms with E-state index in [1.165, 1.54) is 6.92 Å². The van der Waals surface area contributed by atoms with Crippen LogP contribution in [0.1, 0.15) is 6.92 Å². The van der Waals surface area contributed by atoms with Crippen LogP contribution in [0.4, 0.5) is 5.69 Å². The van der Waals surface area contributed by atoms with E-state index < -0.39 is 0 Å². The van der Waals surface area contributed by atoms with Gasteiger partial charge in [-0.15, -0.1) is 0 Å². The average Bonchev–Trinajstić information content (AvgIpc) is 2.40. The van der Waals surface area contributed by atoms with Gasteiger partial charge in [-0.05, 0) is 19.2 Å². The number of hydrogen-bond donors (Lipinski definition) is 1. The minimum Gasteiger partial charge on any atom is -0.340 e. The topological polar surface area (TPSA) is 65.5 Å². The van der Waals surface area contributed by atoms with Crippen molar-refractivity contribution < 1.29 is 9.59 Å². The third-order valence-corrected chi connectivity index (χ3v) is 3.33. The number of hydrogen-bond acceptors (Lipinski definition) is 4. The van der Waals surface area contributed by atoms with Gasteiger partial charge in [0.15, 0.2) is 0 Å². The molecule has 6 heteroatoms. The Balaban J connectivity index is 2.02. The molecule has 1 saturated heterocycles. The molecule has 1 N–H and O–H groups in total. The minimum atomic E-state index is -0.321. The molecule has 1 aliphatic rings. The van der Waals surface area contributed by atoms with Gasteiger partial charge in [0.2, 0.25) is 11.8 Å². The number of carbonyl (C=O) groups is 2. The molecule has 1 unspecified atom stereocenters. The first kappa shape index (κ1) is 13.5. The van der Waals surface area contributed by atoms with Crippen LogP contribution in [0.2, 0.25) is 0 Å². The zero-order valence-corrected chi connectivity index (χ0v) is 11.2. The van der Waals surface area contributed by atoms with Gasteiger partial charge < -0.3 is 10.2 Å². The number of rotatable bonds is 2. The van der Waals surface area contributed by atoms with Crippen molar-refractivity contribution in [3.05, 3.63) is 24.5 Å². The molecular formula is C13H18N4O2. The van der Waals surface area contributed by atoms with E-state index in [0.717, 1.165) is 0 Å². The molecule has 0 bridgehead atoms. The van der Waals surface area contributed by atoms with Crippen LogP contribution in [-0.2, 0) is 9.59 Å². The Labute approximate surface area is 112 Å². The third kappa shape index (κ3) is 3.29. The van der Waals surface area contributed by atoms with Gasteiger partial charge in [-0.2, -0.15) is 0 Å². The van der Waals surface area contributed by atoms with E-state index in [1.807, 2.05) is 11.9 Å². The molecule has 1 aliphatic heterocycles. The number of pyridine rings is 1. The zero-order chi connectivity index (χ0) is 13.8. The van der Waals surface area contributed by atoms with Crippen molar-refractivity contribution in [3.8, 4) is 0 Å². The highest BCUT2D eigenvalue weighted by atomic mass is 16.2. The molecule has 2 rings (SSSR count). The van der Waals surface area contributed by atoms with E-state index in [-0.39, 0.29) is 17.9 Å². The van der Waals surface area contributed by atoms with Crippen molar-refractivity contribution >= 4 is 17.5 Å². The molecule has 0 saturated carbocycles. The lowest BCUT2D eigenvalue weighted by Gasteiger charge is -2.38. The van der Waals surface area contributed by atoms with E-state index in [4.69, 9.17) is 0 Å². The summed E-state index contributed by atoms with van der Waals surface area (Å²) < 4.78 is 0. The number of aromatic nitrogens is 1. The maximum atomic E-state index is 12.2. The van der Waals surface area contributed by atoms with Crippen LogP contribution in [0.25, 0.3) is 0 Å². The van der Waals surface area contributed by atoms with Crippen molar-refractivity contribution in [1.29, 1.82) is 0 Å². The van der Waals surface area contributed by atoms with E-state index >= 15 is 0 Å². The van der Waals surface area contributed by atoms with Gasteiger partial charge in [-0.3, -0.25) is 19.5 Å². The SMILES string of the molecule is CC(=O)N1CCN(C)C(C(=O)Nc2cccnc2)C1. The van der Waals surface area contributed by atoms with Gasteiger partial charge in [-0.1, -0.05) is 0 Å². The lowest BCUT2D eigenvalue weighted by Crippen LogP contribution is -2.57. The summed E-state index contributed by atoms with van der Waals surface area (Å²) in [6.07, 6.45) is 3.25. The van der Waals surface area contributed by atoms with E-state index in [1.54, 1.807) is 29.4 Å². The smallest absolute Gasteiger partial charge is 0.243 e. The number of nitrogens with one attached hydrogen (secondary N) is 1. The molecule has 1 fully saturated rings. The summed E-state index contributed by atoms with van der Waals surface area (Å²) in [5.41, 5.74) is 0.667. The van der Waals surface area contributed by atoms with E-state index in [0.29, 0.717) is 25.3 Å². The van der Waals surface area contributed by atoms with E-state index in [2.05, 4.69) is 10.3 Å². The molecule has 0 spiro atoms. The molecule has 1 aromatic rings. The van der Waals surface area contributed by atoms with Crippen LogP contribution in [0, 0.1) is 0 Å². The lowest BCUT2D eigenvalue weighted by molar-refractivity contribution is -0.134. The van der Waals surface area contributed by atoms with Crippen molar-refractivity contribution in [1.82, 2.24) is 14.8 Å². The van der Waals surface area contributed by atoms with Crippen molar-refractivity contribution in [3.63, 3.8) is 0 Å². The van der Waals surface area contributed by atoms with Crippen LogP contribution in [0.3, 0.4) is 0 Å². The Bertz CT molecular complexity index is 463. The maximum absolute atomic E-state index is 12.2. The van der Waals surface area contributed by atoms with Crippen LogP contribution in [-0.4, -0.2) is 59.3 Å². The minimum absolute atomic E-state index is 0.00674. The Kier molecular flexibility index (Phi) is 4.11. The fourth-order valence-electron chi connectivity index (χ4n) is 2.11. The summed E-state index contributed by atoms with van der Waals surface area (Å²) in [6, 6.07) is 3.23. The first-order chi connectivity index (χ1) is 9.08. The first-order valence-electron chi connectivity index (χ1n) is 6.24.